The molecular formula is C20H14AlClN4. The molecule has 2 aliphatic heterocycles. The summed E-state index contributed by atoms with van der Waals surface area (Å²) in [6.07, 6.45) is 8.09. The highest BCUT2D eigenvalue weighted by atomic mass is 35.6. The number of aromatic nitrogens is 4. The first-order chi connectivity index (χ1) is 12.8. The Morgan fingerprint density at radius 3 is 1.08 bits per heavy atom. The Hall–Kier alpha value is -2.58. The lowest BCUT2D eigenvalue weighted by atomic mass is 10.3. The third-order valence-electron chi connectivity index (χ3n) is 4.04. The van der Waals surface area contributed by atoms with Gasteiger partial charge in [0.2, 0.25) is 0 Å². The molecule has 5 rings (SSSR count). The summed E-state index contributed by atoms with van der Waals surface area (Å²) in [5, 5.41) is 0. The quantitative estimate of drug-likeness (QED) is 0.377. The van der Waals surface area contributed by atoms with Crippen molar-refractivity contribution in [1.82, 2.24) is 19.9 Å². The molecule has 8 bridgehead atoms. The van der Waals surface area contributed by atoms with Crippen LogP contribution in [0.5, 0.6) is 0 Å². The van der Waals surface area contributed by atoms with E-state index in [1.54, 1.807) is 0 Å². The summed E-state index contributed by atoms with van der Waals surface area (Å²) in [5.41, 5.74) is 7.86. The van der Waals surface area contributed by atoms with Gasteiger partial charge in [-0.2, -0.15) is 0 Å². The average Bonchev–Trinajstić information content (AvgIpc) is 3.42. The largest absolute Gasteiger partial charge is 0.355 e. The van der Waals surface area contributed by atoms with Crippen molar-refractivity contribution >= 4 is 71.8 Å². The van der Waals surface area contributed by atoms with Crippen LogP contribution in [-0.4, -0.2) is 35.3 Å². The van der Waals surface area contributed by atoms with E-state index in [0.717, 1.165) is 44.8 Å². The number of nitrogens with one attached hydrogen (secondary N) is 2. The number of rotatable bonds is 0. The minimum atomic E-state index is 0.939. The highest BCUT2D eigenvalue weighted by Gasteiger charge is 2.00. The van der Waals surface area contributed by atoms with E-state index in [4.69, 9.17) is 0 Å². The zero-order valence-electron chi connectivity index (χ0n) is 13.8. The summed E-state index contributed by atoms with van der Waals surface area (Å²) in [4.78, 5) is 16.0. The lowest BCUT2D eigenvalue weighted by Gasteiger charge is -1.85. The number of halogens is 1. The molecule has 26 heavy (non-hydrogen) atoms. The first-order valence-corrected chi connectivity index (χ1v) is 9.81. The average molecular weight is 373 g/mol. The Labute approximate surface area is 162 Å². The molecule has 5 heterocycles. The molecule has 0 fully saturated rings. The van der Waals surface area contributed by atoms with Gasteiger partial charge in [-0.1, -0.05) is 0 Å². The second-order valence-corrected chi connectivity index (χ2v) is 5.91. The predicted molar refractivity (Wildman–Crippen MR) is 110 cm³/mol. The molecule has 0 aliphatic carbocycles. The second-order valence-electron chi connectivity index (χ2n) is 5.91. The SMILES string of the molecule is C1=Cc2cc3ccc(cc4nc(cc5ccc(cc1n2)[nH]5)C=C4)[nH]3.[Al][Cl]. The van der Waals surface area contributed by atoms with Crippen molar-refractivity contribution in [3.8, 4) is 0 Å². The van der Waals surface area contributed by atoms with Crippen LogP contribution in [0.4, 0.5) is 0 Å². The van der Waals surface area contributed by atoms with Gasteiger partial charge in [-0.05, 0) is 72.8 Å². The lowest BCUT2D eigenvalue weighted by molar-refractivity contribution is 1.31. The van der Waals surface area contributed by atoms with Crippen LogP contribution in [0.25, 0.3) is 46.4 Å². The van der Waals surface area contributed by atoms with Crippen molar-refractivity contribution in [2.24, 2.45) is 0 Å². The fraction of sp³-hybridized carbons (Fsp3) is 0. The molecule has 0 amide bonds. The minimum absolute atomic E-state index is 0.939. The fourth-order valence-electron chi connectivity index (χ4n) is 2.94. The van der Waals surface area contributed by atoms with Crippen LogP contribution < -0.4 is 0 Å². The number of nitrogens with zero attached hydrogens (tertiary/aromatic N) is 2. The second kappa shape index (κ2) is 7.35. The van der Waals surface area contributed by atoms with E-state index in [1.807, 2.05) is 63.9 Å². The summed E-state index contributed by atoms with van der Waals surface area (Å²) >= 11 is 1.89. The van der Waals surface area contributed by atoms with Crippen molar-refractivity contribution in [3.05, 3.63) is 71.3 Å². The maximum Gasteiger partial charge on any atom is 0.293 e. The van der Waals surface area contributed by atoms with E-state index in [2.05, 4.69) is 54.3 Å². The number of hydrogen-bond acceptors (Lipinski definition) is 2. The van der Waals surface area contributed by atoms with Crippen molar-refractivity contribution < 1.29 is 0 Å². The molecule has 0 saturated carbocycles. The Balaban J connectivity index is 0.000000814. The molecule has 0 unspecified atom stereocenters. The van der Waals surface area contributed by atoms with Crippen LogP contribution in [0.2, 0.25) is 0 Å². The number of hydrogen-bond donors (Lipinski definition) is 2. The van der Waals surface area contributed by atoms with Crippen LogP contribution in [-0.2, 0) is 0 Å². The Morgan fingerprint density at radius 2 is 0.808 bits per heavy atom. The predicted octanol–water partition coefficient (Wildman–Crippen LogP) is 4.96. The highest BCUT2D eigenvalue weighted by Crippen LogP contribution is 2.16. The summed E-state index contributed by atoms with van der Waals surface area (Å²) < 4.78 is 0. The van der Waals surface area contributed by atoms with Crippen LogP contribution >= 0.6 is 10.0 Å². The monoisotopic (exact) mass is 372 g/mol. The molecule has 2 aliphatic rings. The molecule has 0 saturated heterocycles. The molecule has 0 aromatic carbocycles. The van der Waals surface area contributed by atoms with E-state index < -0.39 is 0 Å². The van der Waals surface area contributed by atoms with Gasteiger partial charge in [0, 0.05) is 22.1 Å². The maximum atomic E-state index is 4.63. The van der Waals surface area contributed by atoms with Gasteiger partial charge in [-0.3, -0.25) is 10.0 Å². The van der Waals surface area contributed by atoms with E-state index in [1.165, 1.54) is 0 Å². The van der Waals surface area contributed by atoms with E-state index in [0.29, 0.717) is 0 Å². The van der Waals surface area contributed by atoms with Crippen molar-refractivity contribution in [2.75, 3.05) is 0 Å². The first-order valence-electron chi connectivity index (χ1n) is 8.06. The number of fused-ring (bicyclic) bond motifs is 8. The third kappa shape index (κ3) is 3.66. The van der Waals surface area contributed by atoms with Crippen molar-refractivity contribution in [1.29, 1.82) is 0 Å². The maximum absolute atomic E-state index is 4.63. The minimum Gasteiger partial charge on any atom is -0.355 e. The van der Waals surface area contributed by atoms with Gasteiger partial charge >= 0.3 is 0 Å². The van der Waals surface area contributed by atoms with Crippen LogP contribution in [0.1, 0.15) is 22.8 Å². The van der Waals surface area contributed by atoms with Crippen LogP contribution in [0, 0.1) is 0 Å². The van der Waals surface area contributed by atoms with Gasteiger partial charge in [0.25, 0.3) is 15.4 Å². The zero-order valence-corrected chi connectivity index (χ0v) is 15.7. The molecule has 0 spiro atoms. The van der Waals surface area contributed by atoms with Crippen molar-refractivity contribution in [2.45, 2.75) is 0 Å². The van der Waals surface area contributed by atoms with E-state index >= 15 is 0 Å². The normalized spacial score (nSPS) is 11.9. The zero-order chi connectivity index (χ0) is 17.9. The van der Waals surface area contributed by atoms with E-state index in [-0.39, 0.29) is 0 Å². The molecule has 3 aromatic heterocycles. The van der Waals surface area contributed by atoms with Gasteiger partial charge in [-0.25, -0.2) is 9.97 Å². The third-order valence-corrected chi connectivity index (χ3v) is 4.04. The molecule has 3 aromatic rings. The Morgan fingerprint density at radius 1 is 0.538 bits per heavy atom. The lowest BCUT2D eigenvalue weighted by Crippen LogP contribution is -1.75. The molecule has 2 N–H and O–H groups in total. The highest BCUT2D eigenvalue weighted by molar-refractivity contribution is 6.80. The van der Waals surface area contributed by atoms with Gasteiger partial charge in [0.05, 0.1) is 22.8 Å². The molecule has 0 atom stereocenters. The van der Waals surface area contributed by atoms with Gasteiger partial charge in [0.1, 0.15) is 0 Å². The van der Waals surface area contributed by atoms with Crippen LogP contribution in [0.3, 0.4) is 0 Å². The summed E-state index contributed by atoms with van der Waals surface area (Å²) in [7, 11) is 4.56. The standard InChI is InChI=1S/C20H14N4.Al.ClH/c1-2-14-10-16-5-6-18(23-16)12-20-8-7-19(24-20)11-17-4-3-15(22-17)9-13(1)21-14;;/h1-12,21,24H;;1H/q;+1;/p-1. The van der Waals surface area contributed by atoms with Crippen LogP contribution in [0.15, 0.2) is 48.5 Å². The molecule has 124 valence electrons. The smallest absolute Gasteiger partial charge is 0.293 e. The topological polar surface area (TPSA) is 57.4 Å². The Kier molecular flexibility index (Phi) is 4.77. The van der Waals surface area contributed by atoms with Gasteiger partial charge in [0.15, 0.2) is 0 Å². The summed E-state index contributed by atoms with van der Waals surface area (Å²) in [5.74, 6) is 0. The van der Waals surface area contributed by atoms with Crippen molar-refractivity contribution in [3.63, 3.8) is 0 Å². The molecule has 2 radical (unpaired) electrons. The Bertz CT molecular complexity index is 996. The van der Waals surface area contributed by atoms with Gasteiger partial charge in [-0.15, -0.1) is 0 Å². The first kappa shape index (κ1) is 16.9. The summed E-state index contributed by atoms with van der Waals surface area (Å²) in [6.45, 7) is 0. The molecule has 4 nitrogen and oxygen atoms in total. The summed E-state index contributed by atoms with van der Waals surface area (Å²) in [6, 6.07) is 16.4. The van der Waals surface area contributed by atoms with E-state index in [9.17, 15) is 0 Å². The number of aromatic amines is 2. The fourth-order valence-corrected chi connectivity index (χ4v) is 2.94. The number of H-pyrrole nitrogens is 2. The molecular weight excluding hydrogens is 359 g/mol. The molecule has 6 heteroatoms. The van der Waals surface area contributed by atoms with Gasteiger partial charge < -0.3 is 9.97 Å².